The normalized spacial score (nSPS) is 11.5. The van der Waals surface area contributed by atoms with E-state index in [9.17, 15) is 4.79 Å². The van der Waals surface area contributed by atoms with Crippen LogP contribution < -0.4 is 11.1 Å². The Morgan fingerprint density at radius 3 is 2.19 bits per heavy atom. The largest absolute Gasteiger partial charge is 0.378 e. The monoisotopic (exact) mass is 232 g/mol. The highest BCUT2D eigenvalue weighted by atomic mass is 16.5. The van der Waals surface area contributed by atoms with Crippen molar-refractivity contribution in [3.63, 3.8) is 0 Å². The van der Waals surface area contributed by atoms with Gasteiger partial charge in [-0.1, -0.05) is 20.8 Å². The third kappa shape index (κ3) is 8.64. The van der Waals surface area contributed by atoms with Gasteiger partial charge in [0.25, 0.3) is 0 Å². The van der Waals surface area contributed by atoms with Crippen molar-refractivity contribution in [1.82, 2.24) is 5.32 Å². The van der Waals surface area contributed by atoms with Gasteiger partial charge in [-0.15, -0.1) is 0 Å². The highest BCUT2D eigenvalue weighted by Crippen LogP contribution is 2.11. The summed E-state index contributed by atoms with van der Waals surface area (Å²) >= 11 is 0. The second-order valence-corrected chi connectivity index (χ2v) is 4.52. The predicted molar refractivity (Wildman–Crippen MR) is 63.2 cm³/mol. The molecule has 0 radical (unpaired) electrons. The van der Waals surface area contributed by atoms with Gasteiger partial charge in [-0.3, -0.25) is 4.79 Å². The molecule has 0 aliphatic rings. The molecule has 3 N–H and O–H groups in total. The lowest BCUT2D eigenvalue weighted by Gasteiger charge is -2.17. The van der Waals surface area contributed by atoms with Crippen LogP contribution in [0, 0.1) is 5.41 Å². The quantitative estimate of drug-likeness (QED) is 0.584. The van der Waals surface area contributed by atoms with Gasteiger partial charge >= 0.3 is 0 Å². The molecule has 1 amide bonds. The Bertz CT molecular complexity index is 190. The molecular weight excluding hydrogens is 208 g/mol. The third-order valence-electron chi connectivity index (χ3n) is 1.85. The molecule has 0 heterocycles. The fraction of sp³-hybridized carbons (Fsp3) is 0.909. The van der Waals surface area contributed by atoms with Crippen LogP contribution in [0.3, 0.4) is 0 Å². The number of carbonyl (C=O) groups excluding carboxylic acids is 1. The first-order chi connectivity index (χ1) is 7.48. The molecule has 0 bridgehead atoms. The van der Waals surface area contributed by atoms with Crippen molar-refractivity contribution in [3.8, 4) is 0 Å². The summed E-state index contributed by atoms with van der Waals surface area (Å²) in [6.07, 6.45) is 0. The van der Waals surface area contributed by atoms with Crippen LogP contribution in [0.4, 0.5) is 0 Å². The minimum atomic E-state index is -0.343. The van der Waals surface area contributed by atoms with E-state index < -0.39 is 0 Å². The van der Waals surface area contributed by atoms with Gasteiger partial charge in [0.05, 0.1) is 26.4 Å². The van der Waals surface area contributed by atoms with Gasteiger partial charge in [0.15, 0.2) is 0 Å². The molecular formula is C11H24N2O3. The number of hydrogen-bond donors (Lipinski definition) is 2. The van der Waals surface area contributed by atoms with E-state index in [1.54, 1.807) is 0 Å². The van der Waals surface area contributed by atoms with E-state index in [4.69, 9.17) is 15.2 Å². The van der Waals surface area contributed by atoms with Crippen LogP contribution in [0.2, 0.25) is 0 Å². The maximum absolute atomic E-state index is 11.4. The minimum absolute atomic E-state index is 0.0375. The Hall–Kier alpha value is -0.650. The van der Waals surface area contributed by atoms with Crippen LogP contribution in [-0.4, -0.2) is 45.4 Å². The summed E-state index contributed by atoms with van der Waals surface area (Å²) in [5.41, 5.74) is 4.91. The number of ether oxygens (including phenoxy) is 2. The predicted octanol–water partition coefficient (Wildman–Crippen LogP) is 0.141. The van der Waals surface area contributed by atoms with E-state index in [0.29, 0.717) is 39.5 Å². The van der Waals surface area contributed by atoms with Crippen molar-refractivity contribution < 1.29 is 14.3 Å². The lowest BCUT2D eigenvalue weighted by molar-refractivity contribution is -0.128. The number of hydrogen-bond acceptors (Lipinski definition) is 4. The topological polar surface area (TPSA) is 73.6 Å². The van der Waals surface area contributed by atoms with Gasteiger partial charge in [-0.2, -0.15) is 0 Å². The summed E-state index contributed by atoms with van der Waals surface area (Å²) in [4.78, 5) is 11.4. The van der Waals surface area contributed by atoms with Crippen molar-refractivity contribution in [2.45, 2.75) is 20.8 Å². The van der Waals surface area contributed by atoms with Crippen molar-refractivity contribution in [1.29, 1.82) is 0 Å². The summed E-state index contributed by atoms with van der Waals surface area (Å²) in [6, 6.07) is 0. The summed E-state index contributed by atoms with van der Waals surface area (Å²) in [5.74, 6) is 0.0375. The maximum Gasteiger partial charge on any atom is 0.225 e. The highest BCUT2D eigenvalue weighted by Gasteiger charge is 2.19. The molecule has 0 aliphatic heterocycles. The highest BCUT2D eigenvalue weighted by molar-refractivity contribution is 5.81. The Kier molecular flexibility index (Phi) is 8.15. The smallest absolute Gasteiger partial charge is 0.225 e. The van der Waals surface area contributed by atoms with Crippen LogP contribution in [-0.2, 0) is 14.3 Å². The molecule has 0 atom stereocenters. The number of carbonyl (C=O) groups is 1. The zero-order valence-electron chi connectivity index (χ0n) is 10.5. The molecule has 0 aromatic carbocycles. The zero-order chi connectivity index (χ0) is 12.4. The molecule has 0 rings (SSSR count). The average molecular weight is 232 g/mol. The van der Waals surface area contributed by atoms with E-state index in [2.05, 4.69) is 5.32 Å². The van der Waals surface area contributed by atoms with Crippen molar-refractivity contribution in [3.05, 3.63) is 0 Å². The van der Waals surface area contributed by atoms with E-state index in [1.165, 1.54) is 0 Å². The summed E-state index contributed by atoms with van der Waals surface area (Å²) < 4.78 is 10.4. The van der Waals surface area contributed by atoms with Gasteiger partial charge < -0.3 is 20.5 Å². The minimum Gasteiger partial charge on any atom is -0.378 e. The van der Waals surface area contributed by atoms with E-state index >= 15 is 0 Å². The van der Waals surface area contributed by atoms with Gasteiger partial charge in [0.2, 0.25) is 5.91 Å². The van der Waals surface area contributed by atoms with E-state index in [0.717, 1.165) is 0 Å². The van der Waals surface area contributed by atoms with Crippen LogP contribution in [0.5, 0.6) is 0 Å². The second kappa shape index (κ2) is 8.50. The molecule has 5 heteroatoms. The molecule has 0 aliphatic carbocycles. The van der Waals surface area contributed by atoms with Gasteiger partial charge in [-0.25, -0.2) is 0 Å². The molecule has 5 nitrogen and oxygen atoms in total. The summed E-state index contributed by atoms with van der Waals surface area (Å²) in [5, 5.41) is 2.80. The van der Waals surface area contributed by atoms with E-state index in [-0.39, 0.29) is 11.3 Å². The summed E-state index contributed by atoms with van der Waals surface area (Å²) in [6.45, 7) is 8.85. The Balaban J connectivity index is 3.25. The van der Waals surface area contributed by atoms with Gasteiger partial charge in [0, 0.05) is 18.5 Å². The average Bonchev–Trinajstić information content (AvgIpc) is 2.20. The fourth-order valence-electron chi connectivity index (χ4n) is 0.907. The molecule has 0 aromatic heterocycles. The second-order valence-electron chi connectivity index (χ2n) is 4.52. The zero-order valence-corrected chi connectivity index (χ0v) is 10.5. The number of rotatable bonds is 8. The number of nitrogens with one attached hydrogen (secondary N) is 1. The van der Waals surface area contributed by atoms with Crippen LogP contribution in [0.15, 0.2) is 0 Å². The van der Waals surface area contributed by atoms with Crippen molar-refractivity contribution in [2.75, 3.05) is 39.5 Å². The van der Waals surface area contributed by atoms with Crippen LogP contribution >= 0.6 is 0 Å². The lowest BCUT2D eigenvalue weighted by Crippen LogP contribution is -2.36. The summed E-state index contributed by atoms with van der Waals surface area (Å²) in [7, 11) is 0. The maximum atomic E-state index is 11.4. The van der Waals surface area contributed by atoms with Gasteiger partial charge in [-0.05, 0) is 0 Å². The van der Waals surface area contributed by atoms with Crippen molar-refractivity contribution >= 4 is 5.91 Å². The third-order valence-corrected chi connectivity index (χ3v) is 1.85. The number of nitrogens with two attached hydrogens (primary N) is 1. The Labute approximate surface area is 97.7 Å². The molecule has 0 saturated carbocycles. The molecule has 0 fully saturated rings. The standard InChI is InChI=1S/C11H24N2O3/c1-11(2,3)10(14)13-5-7-16-9-8-15-6-4-12/h4-9,12H2,1-3H3,(H,13,14). The molecule has 16 heavy (non-hydrogen) atoms. The fourth-order valence-corrected chi connectivity index (χ4v) is 0.907. The van der Waals surface area contributed by atoms with Crippen LogP contribution in [0.1, 0.15) is 20.8 Å². The molecule has 0 unspecified atom stereocenters. The Morgan fingerprint density at radius 1 is 1.12 bits per heavy atom. The van der Waals surface area contributed by atoms with Crippen molar-refractivity contribution in [2.24, 2.45) is 11.1 Å². The first kappa shape index (κ1) is 15.3. The molecule has 0 spiro atoms. The van der Waals surface area contributed by atoms with Gasteiger partial charge in [0.1, 0.15) is 0 Å². The van der Waals surface area contributed by atoms with Crippen LogP contribution in [0.25, 0.3) is 0 Å². The number of amides is 1. The Morgan fingerprint density at radius 2 is 1.69 bits per heavy atom. The first-order valence-corrected chi connectivity index (χ1v) is 5.62. The molecule has 0 saturated heterocycles. The first-order valence-electron chi connectivity index (χ1n) is 5.62. The lowest BCUT2D eigenvalue weighted by atomic mass is 9.96. The van der Waals surface area contributed by atoms with E-state index in [1.807, 2.05) is 20.8 Å². The molecule has 96 valence electrons. The SMILES string of the molecule is CC(C)(C)C(=O)NCCOCCOCCN. The molecule has 0 aromatic rings.